The van der Waals surface area contributed by atoms with E-state index in [1.54, 1.807) is 36.4 Å². The first-order valence-electron chi connectivity index (χ1n) is 7.55. The Hall–Kier alpha value is -2.16. The second-order valence-corrected chi connectivity index (χ2v) is 7.39. The normalized spacial score (nSPS) is 15.7. The van der Waals surface area contributed by atoms with Gasteiger partial charge in [0.2, 0.25) is 0 Å². The number of anilines is 1. The number of alkyl halides is 2. The number of methoxy groups -OCH3 is 1. The van der Waals surface area contributed by atoms with Crippen molar-refractivity contribution in [2.45, 2.75) is 6.61 Å². The molecule has 0 bridgehead atoms. The lowest BCUT2D eigenvalue weighted by Crippen LogP contribution is -2.27. The van der Waals surface area contributed by atoms with E-state index in [4.69, 9.17) is 28.6 Å². The molecule has 0 aromatic heterocycles. The molecule has 0 saturated carbocycles. The molecule has 2 aromatic rings. The number of nitrogens with zero attached hydrogens (tertiary/aromatic N) is 1. The van der Waals surface area contributed by atoms with Crippen LogP contribution in [0.4, 0.5) is 14.5 Å². The summed E-state index contributed by atoms with van der Waals surface area (Å²) in [7, 11) is 1.34. The van der Waals surface area contributed by atoms with Crippen molar-refractivity contribution < 1.29 is 23.0 Å². The fourth-order valence-electron chi connectivity index (χ4n) is 2.40. The minimum Gasteiger partial charge on any atom is -0.493 e. The van der Waals surface area contributed by atoms with Crippen LogP contribution in [0.3, 0.4) is 0 Å². The summed E-state index contributed by atoms with van der Waals surface area (Å²) >= 11 is 12.3. The van der Waals surface area contributed by atoms with Gasteiger partial charge in [-0.15, -0.1) is 0 Å². The highest BCUT2D eigenvalue weighted by atomic mass is 35.5. The standard InChI is InChI=1S/C18H12ClF2NO3S2/c1-24-14-8-10(2-7-13(14)25-17(20)21)9-15-16(23)22(18(26)27-15)12-5-3-11(19)4-6-12/h2-9,17H,1H3/b15-9+. The lowest BCUT2D eigenvalue weighted by Gasteiger charge is -2.14. The molecule has 0 radical (unpaired) electrons. The van der Waals surface area contributed by atoms with Gasteiger partial charge in [-0.2, -0.15) is 8.78 Å². The highest BCUT2D eigenvalue weighted by molar-refractivity contribution is 8.27. The number of thioether (sulfide) groups is 1. The minimum absolute atomic E-state index is 0.0848. The minimum atomic E-state index is -2.96. The van der Waals surface area contributed by atoms with Crippen LogP contribution in [0.15, 0.2) is 47.4 Å². The molecule has 0 aliphatic carbocycles. The fourth-order valence-corrected chi connectivity index (χ4v) is 3.82. The van der Waals surface area contributed by atoms with Gasteiger partial charge in [0, 0.05) is 5.02 Å². The average molecular weight is 428 g/mol. The summed E-state index contributed by atoms with van der Waals surface area (Å²) in [5.74, 6) is -0.227. The lowest BCUT2D eigenvalue weighted by atomic mass is 10.2. The van der Waals surface area contributed by atoms with Gasteiger partial charge >= 0.3 is 6.61 Å². The number of carbonyl (C=O) groups is 1. The zero-order chi connectivity index (χ0) is 19.6. The third-order valence-electron chi connectivity index (χ3n) is 3.58. The van der Waals surface area contributed by atoms with E-state index in [9.17, 15) is 13.6 Å². The molecule has 1 fully saturated rings. The Labute approximate surface area is 168 Å². The molecule has 0 N–H and O–H groups in total. The molecule has 1 aliphatic rings. The van der Waals surface area contributed by atoms with E-state index in [-0.39, 0.29) is 17.4 Å². The Balaban J connectivity index is 1.88. The average Bonchev–Trinajstić information content (AvgIpc) is 2.90. The molecule has 1 heterocycles. The summed E-state index contributed by atoms with van der Waals surface area (Å²) in [5.41, 5.74) is 1.20. The van der Waals surface area contributed by atoms with Crippen molar-refractivity contribution in [1.29, 1.82) is 0 Å². The zero-order valence-electron chi connectivity index (χ0n) is 13.8. The van der Waals surface area contributed by atoms with Crippen molar-refractivity contribution in [3.05, 3.63) is 58.0 Å². The summed E-state index contributed by atoms with van der Waals surface area (Å²) in [4.78, 5) is 14.5. The van der Waals surface area contributed by atoms with Gasteiger partial charge in [0.05, 0.1) is 17.7 Å². The number of halogens is 3. The van der Waals surface area contributed by atoms with Crippen LogP contribution in [0, 0.1) is 0 Å². The summed E-state index contributed by atoms with van der Waals surface area (Å²) in [6.45, 7) is -2.96. The van der Waals surface area contributed by atoms with Gasteiger partial charge in [0.25, 0.3) is 5.91 Å². The number of benzene rings is 2. The summed E-state index contributed by atoms with van der Waals surface area (Å²) in [6, 6.07) is 11.2. The van der Waals surface area contributed by atoms with E-state index in [2.05, 4.69) is 4.74 Å². The molecule has 27 heavy (non-hydrogen) atoms. The zero-order valence-corrected chi connectivity index (χ0v) is 16.2. The first-order valence-corrected chi connectivity index (χ1v) is 9.15. The largest absolute Gasteiger partial charge is 0.493 e. The van der Waals surface area contributed by atoms with Gasteiger partial charge in [-0.3, -0.25) is 9.69 Å². The molecule has 9 heteroatoms. The second kappa shape index (κ2) is 8.24. The van der Waals surface area contributed by atoms with Crippen LogP contribution in [0.25, 0.3) is 6.08 Å². The number of carbonyl (C=O) groups excluding carboxylic acids is 1. The summed E-state index contributed by atoms with van der Waals surface area (Å²) < 4.78 is 34.7. The van der Waals surface area contributed by atoms with Crippen molar-refractivity contribution in [2.24, 2.45) is 0 Å². The van der Waals surface area contributed by atoms with Crippen molar-refractivity contribution in [3.63, 3.8) is 0 Å². The van der Waals surface area contributed by atoms with Crippen LogP contribution in [-0.4, -0.2) is 23.9 Å². The number of rotatable bonds is 5. The molecular weight excluding hydrogens is 416 g/mol. The molecular formula is C18H12ClF2NO3S2. The molecule has 4 nitrogen and oxygen atoms in total. The third-order valence-corrected chi connectivity index (χ3v) is 5.13. The first kappa shape index (κ1) is 19.6. The van der Waals surface area contributed by atoms with E-state index >= 15 is 0 Å². The Morgan fingerprint density at radius 2 is 1.89 bits per heavy atom. The monoisotopic (exact) mass is 427 g/mol. The van der Waals surface area contributed by atoms with Crippen molar-refractivity contribution >= 4 is 57.6 Å². The number of hydrogen-bond acceptors (Lipinski definition) is 5. The van der Waals surface area contributed by atoms with Gasteiger partial charge < -0.3 is 9.47 Å². The van der Waals surface area contributed by atoms with Crippen LogP contribution in [0.5, 0.6) is 11.5 Å². The van der Waals surface area contributed by atoms with Gasteiger partial charge in [-0.1, -0.05) is 41.6 Å². The first-order chi connectivity index (χ1) is 12.9. The molecule has 3 rings (SSSR count). The predicted molar refractivity (Wildman–Crippen MR) is 107 cm³/mol. The Kier molecular flexibility index (Phi) is 5.98. The van der Waals surface area contributed by atoms with Crippen LogP contribution in [-0.2, 0) is 4.79 Å². The second-order valence-electron chi connectivity index (χ2n) is 5.28. The maximum atomic E-state index is 12.7. The van der Waals surface area contributed by atoms with Crippen LogP contribution in [0.2, 0.25) is 5.02 Å². The SMILES string of the molecule is COc1cc(/C=C2/SC(=S)N(c3ccc(Cl)cc3)C2=O)ccc1OC(F)F. The molecule has 1 amide bonds. The third kappa shape index (κ3) is 4.40. The molecule has 1 saturated heterocycles. The van der Waals surface area contributed by atoms with Crippen LogP contribution < -0.4 is 14.4 Å². The highest BCUT2D eigenvalue weighted by Crippen LogP contribution is 2.37. The van der Waals surface area contributed by atoms with Crippen molar-refractivity contribution in [1.82, 2.24) is 0 Å². The number of hydrogen-bond donors (Lipinski definition) is 0. The highest BCUT2D eigenvalue weighted by Gasteiger charge is 2.33. The quantitative estimate of drug-likeness (QED) is 0.474. The van der Waals surface area contributed by atoms with Crippen LogP contribution in [0.1, 0.15) is 5.56 Å². The summed E-state index contributed by atoms with van der Waals surface area (Å²) in [5, 5.41) is 0.554. The Morgan fingerprint density at radius 1 is 1.19 bits per heavy atom. The maximum Gasteiger partial charge on any atom is 0.387 e. The van der Waals surface area contributed by atoms with Gasteiger partial charge in [0.1, 0.15) is 0 Å². The van der Waals surface area contributed by atoms with Gasteiger partial charge in [-0.05, 0) is 48.0 Å². The van der Waals surface area contributed by atoms with Crippen LogP contribution >= 0.6 is 35.6 Å². The van der Waals surface area contributed by atoms with E-state index in [1.165, 1.54) is 24.1 Å². The lowest BCUT2D eigenvalue weighted by molar-refractivity contribution is -0.113. The van der Waals surface area contributed by atoms with E-state index in [0.717, 1.165) is 11.8 Å². The van der Waals surface area contributed by atoms with Crippen molar-refractivity contribution in [2.75, 3.05) is 12.0 Å². The van der Waals surface area contributed by atoms with E-state index < -0.39 is 6.61 Å². The van der Waals surface area contributed by atoms with Gasteiger partial charge in [-0.25, -0.2) is 0 Å². The predicted octanol–water partition coefficient (Wildman–Crippen LogP) is 5.36. The molecule has 0 atom stereocenters. The fraction of sp³-hybridized carbons (Fsp3) is 0.111. The number of thiocarbonyl (C=S) groups is 1. The molecule has 1 aliphatic heterocycles. The van der Waals surface area contributed by atoms with E-state index in [0.29, 0.717) is 25.5 Å². The van der Waals surface area contributed by atoms with E-state index in [1.807, 2.05) is 0 Å². The summed E-state index contributed by atoms with van der Waals surface area (Å²) in [6.07, 6.45) is 1.61. The number of ether oxygens (including phenoxy) is 2. The smallest absolute Gasteiger partial charge is 0.387 e. The molecule has 0 spiro atoms. The molecule has 2 aromatic carbocycles. The topological polar surface area (TPSA) is 38.8 Å². The van der Waals surface area contributed by atoms with Gasteiger partial charge in [0.15, 0.2) is 15.8 Å². The van der Waals surface area contributed by atoms with Crippen molar-refractivity contribution in [3.8, 4) is 11.5 Å². The maximum absolute atomic E-state index is 12.7. The Morgan fingerprint density at radius 3 is 2.52 bits per heavy atom. The molecule has 140 valence electrons. The Bertz CT molecular complexity index is 919. The molecule has 0 unspecified atom stereocenters. The number of amides is 1.